The molecule has 0 amide bonds. The van der Waals surface area contributed by atoms with E-state index in [4.69, 9.17) is 0 Å². The molecule has 0 aromatic carbocycles. The molecular formula is C13H26F2N2. The minimum atomic E-state index is -2.39. The average Bonchev–Trinajstić information content (AvgIpc) is 2.25. The van der Waals surface area contributed by atoms with Gasteiger partial charge in [0.25, 0.3) is 0 Å². The van der Waals surface area contributed by atoms with Crippen LogP contribution in [0.15, 0.2) is 0 Å². The van der Waals surface area contributed by atoms with E-state index in [1.165, 1.54) is 0 Å². The van der Waals surface area contributed by atoms with Gasteiger partial charge in [-0.25, -0.2) is 8.78 Å². The monoisotopic (exact) mass is 248 g/mol. The standard InChI is InChI=1S/C13H26F2N2/c1-11(2)17-9-3-8-16-10-12-4-6-13(14,15)7-5-12/h11-12,16-17H,3-10H2,1-2H3. The van der Waals surface area contributed by atoms with Crippen molar-refractivity contribution in [2.24, 2.45) is 5.92 Å². The number of hydrogen-bond acceptors (Lipinski definition) is 2. The van der Waals surface area contributed by atoms with Crippen LogP contribution in [0.25, 0.3) is 0 Å². The zero-order chi connectivity index (χ0) is 12.7. The lowest BCUT2D eigenvalue weighted by atomic mass is 9.87. The molecule has 0 unspecified atom stereocenters. The Kier molecular flexibility index (Phi) is 6.34. The molecule has 2 nitrogen and oxygen atoms in total. The van der Waals surface area contributed by atoms with E-state index in [1.54, 1.807) is 0 Å². The predicted octanol–water partition coefficient (Wildman–Crippen LogP) is 2.79. The Balaban J connectivity index is 1.94. The molecular weight excluding hydrogens is 222 g/mol. The van der Waals surface area contributed by atoms with Gasteiger partial charge in [0.15, 0.2) is 0 Å². The summed E-state index contributed by atoms with van der Waals surface area (Å²) >= 11 is 0. The Hall–Kier alpha value is -0.220. The number of nitrogens with one attached hydrogen (secondary N) is 2. The smallest absolute Gasteiger partial charge is 0.248 e. The van der Waals surface area contributed by atoms with Gasteiger partial charge in [0.2, 0.25) is 5.92 Å². The average molecular weight is 248 g/mol. The zero-order valence-corrected chi connectivity index (χ0v) is 11.1. The molecule has 1 saturated carbocycles. The van der Waals surface area contributed by atoms with E-state index >= 15 is 0 Å². The van der Waals surface area contributed by atoms with Crippen molar-refractivity contribution < 1.29 is 8.78 Å². The number of hydrogen-bond donors (Lipinski definition) is 2. The largest absolute Gasteiger partial charge is 0.316 e. The fraction of sp³-hybridized carbons (Fsp3) is 1.00. The van der Waals surface area contributed by atoms with Crippen LogP contribution in [0, 0.1) is 5.92 Å². The molecule has 0 spiro atoms. The minimum absolute atomic E-state index is 0.0776. The fourth-order valence-electron chi connectivity index (χ4n) is 2.21. The SMILES string of the molecule is CC(C)NCCCNCC1CCC(F)(F)CC1. The Morgan fingerprint density at radius 3 is 2.41 bits per heavy atom. The third-order valence-electron chi connectivity index (χ3n) is 3.35. The minimum Gasteiger partial charge on any atom is -0.316 e. The zero-order valence-electron chi connectivity index (χ0n) is 11.1. The third-order valence-corrected chi connectivity index (χ3v) is 3.35. The van der Waals surface area contributed by atoms with Gasteiger partial charge in [0.1, 0.15) is 0 Å². The number of alkyl halides is 2. The molecule has 4 heteroatoms. The molecule has 0 aromatic rings. The Bertz CT molecular complexity index is 198. The second kappa shape index (κ2) is 7.27. The molecule has 1 aliphatic rings. The third kappa shape index (κ3) is 6.94. The summed E-state index contributed by atoms with van der Waals surface area (Å²) in [4.78, 5) is 0. The Morgan fingerprint density at radius 2 is 1.82 bits per heavy atom. The van der Waals surface area contributed by atoms with E-state index in [0.717, 1.165) is 26.1 Å². The lowest BCUT2D eigenvalue weighted by Crippen LogP contribution is -2.32. The summed E-state index contributed by atoms with van der Waals surface area (Å²) < 4.78 is 25.8. The van der Waals surface area contributed by atoms with E-state index in [-0.39, 0.29) is 12.8 Å². The first-order valence-corrected chi connectivity index (χ1v) is 6.81. The summed E-state index contributed by atoms with van der Waals surface area (Å²) in [5, 5.41) is 6.73. The highest BCUT2D eigenvalue weighted by Gasteiger charge is 2.34. The van der Waals surface area contributed by atoms with E-state index < -0.39 is 5.92 Å². The van der Waals surface area contributed by atoms with Crippen LogP contribution in [0.4, 0.5) is 8.78 Å². The van der Waals surface area contributed by atoms with E-state index in [9.17, 15) is 8.78 Å². The van der Waals surface area contributed by atoms with Crippen molar-refractivity contribution in [2.45, 2.75) is 57.9 Å². The van der Waals surface area contributed by atoms with Crippen LogP contribution < -0.4 is 10.6 Å². The van der Waals surface area contributed by atoms with Gasteiger partial charge in [-0.3, -0.25) is 0 Å². The Labute approximate surface area is 104 Å². The normalized spacial score (nSPS) is 21.0. The summed E-state index contributed by atoms with van der Waals surface area (Å²) in [7, 11) is 0. The van der Waals surface area contributed by atoms with Gasteiger partial charge in [-0.15, -0.1) is 0 Å². The molecule has 102 valence electrons. The van der Waals surface area contributed by atoms with Crippen LogP contribution >= 0.6 is 0 Å². The summed E-state index contributed by atoms with van der Waals surface area (Å²) in [5.41, 5.74) is 0. The maximum atomic E-state index is 12.9. The fourth-order valence-corrected chi connectivity index (χ4v) is 2.21. The quantitative estimate of drug-likeness (QED) is 0.677. The number of halogens is 2. The van der Waals surface area contributed by atoms with Crippen molar-refractivity contribution in [2.75, 3.05) is 19.6 Å². The highest BCUT2D eigenvalue weighted by atomic mass is 19.3. The molecule has 0 aliphatic heterocycles. The Morgan fingerprint density at radius 1 is 1.18 bits per heavy atom. The van der Waals surface area contributed by atoms with Gasteiger partial charge in [-0.05, 0) is 44.8 Å². The predicted molar refractivity (Wildman–Crippen MR) is 67.5 cm³/mol. The molecule has 0 saturated heterocycles. The van der Waals surface area contributed by atoms with Gasteiger partial charge < -0.3 is 10.6 Å². The van der Waals surface area contributed by atoms with Crippen molar-refractivity contribution in [3.8, 4) is 0 Å². The highest BCUT2D eigenvalue weighted by molar-refractivity contribution is 4.78. The van der Waals surface area contributed by atoms with Gasteiger partial charge in [0, 0.05) is 18.9 Å². The van der Waals surface area contributed by atoms with Crippen LogP contribution in [0.2, 0.25) is 0 Å². The lowest BCUT2D eigenvalue weighted by Gasteiger charge is -2.28. The second-order valence-electron chi connectivity index (χ2n) is 5.47. The first-order valence-electron chi connectivity index (χ1n) is 6.81. The molecule has 1 rings (SSSR count). The second-order valence-corrected chi connectivity index (χ2v) is 5.47. The summed E-state index contributed by atoms with van der Waals surface area (Å²) in [6, 6.07) is 0.538. The summed E-state index contributed by atoms with van der Waals surface area (Å²) in [6.45, 7) is 7.17. The van der Waals surface area contributed by atoms with Crippen LogP contribution in [-0.2, 0) is 0 Å². The van der Waals surface area contributed by atoms with Gasteiger partial charge in [-0.1, -0.05) is 13.8 Å². The molecule has 1 aliphatic carbocycles. The van der Waals surface area contributed by atoms with Crippen molar-refractivity contribution in [1.82, 2.24) is 10.6 Å². The molecule has 0 heterocycles. The molecule has 2 N–H and O–H groups in total. The maximum Gasteiger partial charge on any atom is 0.248 e. The van der Waals surface area contributed by atoms with E-state index in [1.807, 2.05) is 0 Å². The molecule has 0 atom stereocenters. The van der Waals surface area contributed by atoms with Gasteiger partial charge in [-0.2, -0.15) is 0 Å². The van der Waals surface area contributed by atoms with Crippen LogP contribution in [0.1, 0.15) is 46.0 Å². The number of rotatable bonds is 7. The van der Waals surface area contributed by atoms with Crippen LogP contribution in [0.3, 0.4) is 0 Å². The topological polar surface area (TPSA) is 24.1 Å². The van der Waals surface area contributed by atoms with Crippen LogP contribution in [-0.4, -0.2) is 31.6 Å². The molecule has 0 aromatic heterocycles. The van der Waals surface area contributed by atoms with Crippen LogP contribution in [0.5, 0.6) is 0 Å². The van der Waals surface area contributed by atoms with Crippen molar-refractivity contribution >= 4 is 0 Å². The first-order chi connectivity index (χ1) is 7.99. The molecule has 0 bridgehead atoms. The molecule has 0 radical (unpaired) electrons. The van der Waals surface area contributed by atoms with E-state index in [2.05, 4.69) is 24.5 Å². The van der Waals surface area contributed by atoms with Crippen molar-refractivity contribution in [3.63, 3.8) is 0 Å². The molecule has 17 heavy (non-hydrogen) atoms. The maximum absolute atomic E-state index is 12.9. The van der Waals surface area contributed by atoms with Crippen molar-refractivity contribution in [1.29, 1.82) is 0 Å². The lowest BCUT2D eigenvalue weighted by molar-refractivity contribution is -0.0454. The van der Waals surface area contributed by atoms with Crippen molar-refractivity contribution in [3.05, 3.63) is 0 Å². The van der Waals surface area contributed by atoms with E-state index in [0.29, 0.717) is 24.8 Å². The van der Waals surface area contributed by atoms with Gasteiger partial charge >= 0.3 is 0 Å². The summed E-state index contributed by atoms with van der Waals surface area (Å²) in [6.07, 6.45) is 2.60. The first kappa shape index (κ1) is 14.8. The molecule has 1 fully saturated rings. The summed E-state index contributed by atoms with van der Waals surface area (Å²) in [5.74, 6) is -1.94. The highest BCUT2D eigenvalue weighted by Crippen LogP contribution is 2.35. The van der Waals surface area contributed by atoms with Gasteiger partial charge in [0.05, 0.1) is 0 Å².